The fourth-order valence-electron chi connectivity index (χ4n) is 3.59. The molecule has 5 aromatic rings. The Labute approximate surface area is 189 Å². The van der Waals surface area contributed by atoms with Crippen molar-refractivity contribution in [1.29, 1.82) is 0 Å². The number of benzene rings is 3. The van der Waals surface area contributed by atoms with Gasteiger partial charge in [-0.25, -0.2) is 9.67 Å². The number of hydrogen-bond acceptors (Lipinski definition) is 4. The molecule has 0 spiro atoms. The number of amides is 1. The van der Waals surface area contributed by atoms with Crippen molar-refractivity contribution in [2.75, 3.05) is 11.1 Å². The lowest BCUT2D eigenvalue weighted by Gasteiger charge is -2.10. The molecule has 1 N–H and O–H groups in total. The first kappa shape index (κ1) is 20.1. The highest BCUT2D eigenvalue weighted by atomic mass is 32.2. The van der Waals surface area contributed by atoms with E-state index < -0.39 is 0 Å². The maximum absolute atomic E-state index is 12.8. The first-order valence-electron chi connectivity index (χ1n) is 10.3. The molecule has 3 aromatic carbocycles. The summed E-state index contributed by atoms with van der Waals surface area (Å²) in [5.41, 5.74) is 4.66. The zero-order chi connectivity index (χ0) is 21.9. The van der Waals surface area contributed by atoms with E-state index in [0.717, 1.165) is 33.3 Å². The number of rotatable bonds is 6. The van der Waals surface area contributed by atoms with Gasteiger partial charge in [-0.05, 0) is 43.3 Å². The minimum atomic E-state index is -0.112. The maximum Gasteiger partial charge on any atom is 0.236 e. The molecule has 0 saturated heterocycles. The van der Waals surface area contributed by atoms with Gasteiger partial charge in [0.15, 0.2) is 5.16 Å². The molecule has 2 aromatic heterocycles. The Morgan fingerprint density at radius 3 is 2.31 bits per heavy atom. The van der Waals surface area contributed by atoms with Crippen molar-refractivity contribution in [1.82, 2.24) is 19.3 Å². The summed E-state index contributed by atoms with van der Waals surface area (Å²) in [5, 5.41) is 8.29. The summed E-state index contributed by atoms with van der Waals surface area (Å²) >= 11 is 1.41. The number of anilines is 1. The van der Waals surface area contributed by atoms with E-state index in [0.29, 0.717) is 5.82 Å². The number of carbonyl (C=O) groups excluding carboxylic acids is 1. The van der Waals surface area contributed by atoms with Gasteiger partial charge >= 0.3 is 0 Å². The van der Waals surface area contributed by atoms with Crippen LogP contribution < -0.4 is 5.32 Å². The second kappa shape index (κ2) is 8.72. The van der Waals surface area contributed by atoms with E-state index >= 15 is 0 Å². The van der Waals surface area contributed by atoms with Crippen molar-refractivity contribution >= 4 is 34.5 Å². The predicted octanol–water partition coefficient (Wildman–Crippen LogP) is 5.25. The Morgan fingerprint density at radius 2 is 1.56 bits per heavy atom. The fraction of sp³-hybridized carbons (Fsp3) is 0.0800. The highest BCUT2D eigenvalue weighted by Crippen LogP contribution is 2.28. The van der Waals surface area contributed by atoms with Crippen LogP contribution in [0.25, 0.3) is 22.4 Å². The number of imidazole rings is 1. The molecular formula is C25H21N5OS. The van der Waals surface area contributed by atoms with Crippen molar-refractivity contribution in [3.63, 3.8) is 0 Å². The standard InChI is InChI=1S/C25H21N5OS/c1-18-16-23(30(28-18)20-12-6-3-7-13-20)27-24(31)17-32-25-26-21-14-8-9-15-22(21)29(25)19-10-4-2-5-11-19/h2-16H,17H2,1H3,(H,27,31). The number of para-hydroxylation sites is 4. The minimum Gasteiger partial charge on any atom is -0.310 e. The van der Waals surface area contributed by atoms with E-state index in [1.165, 1.54) is 11.8 Å². The molecule has 0 aliphatic heterocycles. The summed E-state index contributed by atoms with van der Waals surface area (Å²) < 4.78 is 3.84. The molecule has 5 rings (SSSR count). The number of fused-ring (bicyclic) bond motifs is 1. The molecule has 0 saturated carbocycles. The smallest absolute Gasteiger partial charge is 0.236 e. The van der Waals surface area contributed by atoms with Crippen molar-refractivity contribution in [3.8, 4) is 11.4 Å². The second-order valence-corrected chi connectivity index (χ2v) is 8.25. The van der Waals surface area contributed by atoms with Crippen molar-refractivity contribution < 1.29 is 4.79 Å². The second-order valence-electron chi connectivity index (χ2n) is 7.31. The number of aryl methyl sites for hydroxylation is 1. The molecule has 158 valence electrons. The maximum atomic E-state index is 12.8. The highest BCUT2D eigenvalue weighted by Gasteiger charge is 2.16. The van der Waals surface area contributed by atoms with Crippen LogP contribution in [0.2, 0.25) is 0 Å². The van der Waals surface area contributed by atoms with Crippen LogP contribution in [-0.4, -0.2) is 31.0 Å². The normalized spacial score (nSPS) is 11.0. The monoisotopic (exact) mass is 439 g/mol. The van der Waals surface area contributed by atoms with E-state index in [2.05, 4.69) is 15.0 Å². The lowest BCUT2D eigenvalue weighted by Crippen LogP contribution is -2.17. The molecule has 0 aliphatic carbocycles. The Bertz CT molecular complexity index is 1380. The first-order valence-corrected chi connectivity index (χ1v) is 11.3. The lowest BCUT2D eigenvalue weighted by molar-refractivity contribution is -0.113. The molecule has 0 aliphatic rings. The van der Waals surface area contributed by atoms with E-state index in [1.807, 2.05) is 97.9 Å². The number of carbonyl (C=O) groups is 1. The molecule has 0 fully saturated rings. The van der Waals surface area contributed by atoms with Crippen LogP contribution >= 0.6 is 11.8 Å². The van der Waals surface area contributed by atoms with Gasteiger partial charge in [-0.1, -0.05) is 60.3 Å². The van der Waals surface area contributed by atoms with Gasteiger partial charge in [-0.2, -0.15) is 5.10 Å². The van der Waals surface area contributed by atoms with Crippen LogP contribution in [0.3, 0.4) is 0 Å². The number of nitrogens with zero attached hydrogens (tertiary/aromatic N) is 4. The molecule has 0 bridgehead atoms. The largest absolute Gasteiger partial charge is 0.310 e. The summed E-state index contributed by atoms with van der Waals surface area (Å²) in [6.45, 7) is 1.91. The molecule has 0 atom stereocenters. The lowest BCUT2D eigenvalue weighted by atomic mass is 10.3. The zero-order valence-electron chi connectivity index (χ0n) is 17.5. The van der Waals surface area contributed by atoms with Crippen molar-refractivity contribution in [2.24, 2.45) is 0 Å². The molecule has 0 unspecified atom stereocenters. The van der Waals surface area contributed by atoms with Crippen LogP contribution in [0, 0.1) is 6.92 Å². The third kappa shape index (κ3) is 4.02. The summed E-state index contributed by atoms with van der Waals surface area (Å²) in [6, 6.07) is 29.7. The number of aromatic nitrogens is 4. The van der Waals surface area contributed by atoms with Gasteiger partial charge in [-0.3, -0.25) is 9.36 Å². The topological polar surface area (TPSA) is 64.7 Å². The Balaban J connectivity index is 1.38. The Morgan fingerprint density at radius 1 is 0.906 bits per heavy atom. The average Bonchev–Trinajstić information content (AvgIpc) is 3.38. The van der Waals surface area contributed by atoms with Crippen LogP contribution in [0.5, 0.6) is 0 Å². The molecule has 32 heavy (non-hydrogen) atoms. The minimum absolute atomic E-state index is 0.112. The van der Waals surface area contributed by atoms with Gasteiger partial charge in [0.25, 0.3) is 0 Å². The SMILES string of the molecule is Cc1cc(NC(=O)CSc2nc3ccccc3n2-c2ccccc2)n(-c2ccccc2)n1. The summed E-state index contributed by atoms with van der Waals surface area (Å²) in [6.07, 6.45) is 0. The zero-order valence-corrected chi connectivity index (χ0v) is 18.3. The Kier molecular flexibility index (Phi) is 5.47. The molecule has 1 amide bonds. The van der Waals surface area contributed by atoms with Gasteiger partial charge in [0, 0.05) is 11.8 Å². The third-order valence-corrected chi connectivity index (χ3v) is 5.92. The van der Waals surface area contributed by atoms with Crippen molar-refractivity contribution in [2.45, 2.75) is 12.1 Å². The van der Waals surface area contributed by atoms with Crippen LogP contribution in [-0.2, 0) is 4.79 Å². The van der Waals surface area contributed by atoms with Gasteiger partial charge in [-0.15, -0.1) is 0 Å². The van der Waals surface area contributed by atoms with Gasteiger partial charge < -0.3 is 5.32 Å². The summed E-state index contributed by atoms with van der Waals surface area (Å²) in [7, 11) is 0. The van der Waals surface area contributed by atoms with Gasteiger partial charge in [0.1, 0.15) is 5.82 Å². The Hall–Kier alpha value is -3.84. The van der Waals surface area contributed by atoms with Crippen LogP contribution in [0.1, 0.15) is 5.69 Å². The number of hydrogen-bond donors (Lipinski definition) is 1. The molecule has 2 heterocycles. The van der Waals surface area contributed by atoms with Crippen molar-refractivity contribution in [3.05, 3.63) is 96.7 Å². The highest BCUT2D eigenvalue weighted by molar-refractivity contribution is 7.99. The number of thioether (sulfide) groups is 1. The first-order chi connectivity index (χ1) is 15.7. The van der Waals surface area contributed by atoms with Gasteiger partial charge in [0.05, 0.1) is 28.2 Å². The molecule has 0 radical (unpaired) electrons. The fourth-order valence-corrected chi connectivity index (χ4v) is 4.42. The predicted molar refractivity (Wildman–Crippen MR) is 129 cm³/mol. The van der Waals surface area contributed by atoms with Crippen LogP contribution in [0.4, 0.5) is 5.82 Å². The van der Waals surface area contributed by atoms with E-state index in [9.17, 15) is 4.79 Å². The van der Waals surface area contributed by atoms with E-state index in [1.54, 1.807) is 4.68 Å². The number of nitrogens with one attached hydrogen (secondary N) is 1. The van der Waals surface area contributed by atoms with E-state index in [-0.39, 0.29) is 11.7 Å². The quantitative estimate of drug-likeness (QED) is 0.367. The molecule has 7 heteroatoms. The van der Waals surface area contributed by atoms with Gasteiger partial charge in [0.2, 0.25) is 5.91 Å². The summed E-state index contributed by atoms with van der Waals surface area (Å²) in [5.74, 6) is 0.768. The third-order valence-electron chi connectivity index (χ3n) is 4.98. The molecule has 6 nitrogen and oxygen atoms in total. The van der Waals surface area contributed by atoms with E-state index in [4.69, 9.17) is 4.98 Å². The average molecular weight is 440 g/mol. The summed E-state index contributed by atoms with van der Waals surface area (Å²) in [4.78, 5) is 17.6. The molecular weight excluding hydrogens is 418 g/mol. The van der Waals surface area contributed by atoms with Crippen LogP contribution in [0.15, 0.2) is 96.2 Å².